The van der Waals surface area contributed by atoms with Gasteiger partial charge in [-0.15, -0.1) is 0 Å². The van der Waals surface area contributed by atoms with Gasteiger partial charge < -0.3 is 10.6 Å². The molecule has 0 aliphatic carbocycles. The van der Waals surface area contributed by atoms with E-state index < -0.39 is 0 Å². The van der Waals surface area contributed by atoms with Crippen LogP contribution in [-0.4, -0.2) is 39.3 Å². The number of nitrogens with one attached hydrogen (secondary N) is 3. The second-order valence-electron chi connectivity index (χ2n) is 6.21. The van der Waals surface area contributed by atoms with Crippen LogP contribution in [0.2, 0.25) is 10.0 Å². The van der Waals surface area contributed by atoms with E-state index in [1.54, 1.807) is 12.1 Å². The Morgan fingerprint density at radius 1 is 1.00 bits per heavy atom. The van der Waals surface area contributed by atoms with Crippen molar-refractivity contribution in [2.45, 2.75) is 18.9 Å². The number of anilines is 1. The Morgan fingerprint density at radius 2 is 1.85 bits per heavy atom. The number of halogens is 2. The summed E-state index contributed by atoms with van der Waals surface area (Å²) in [6.07, 6.45) is 2.19. The molecule has 1 aliphatic heterocycles. The Balaban J connectivity index is 1.55. The van der Waals surface area contributed by atoms with Crippen molar-refractivity contribution in [3.63, 3.8) is 0 Å². The first kappa shape index (κ1) is 17.3. The van der Waals surface area contributed by atoms with E-state index in [1.165, 1.54) is 0 Å². The Bertz CT molecular complexity index is 904. The van der Waals surface area contributed by atoms with Crippen molar-refractivity contribution < 1.29 is 0 Å². The highest BCUT2D eigenvalue weighted by atomic mass is 35.5. The van der Waals surface area contributed by atoms with E-state index in [2.05, 4.69) is 30.8 Å². The Kier molecular flexibility index (Phi) is 5.06. The lowest BCUT2D eigenvalue weighted by molar-refractivity contribution is 0.478. The van der Waals surface area contributed by atoms with Gasteiger partial charge in [0.1, 0.15) is 11.5 Å². The summed E-state index contributed by atoms with van der Waals surface area (Å²) < 4.78 is 0. The van der Waals surface area contributed by atoms with E-state index in [-0.39, 0.29) is 0 Å². The molecule has 0 spiro atoms. The third-order valence-corrected chi connectivity index (χ3v) is 5.09. The Morgan fingerprint density at radius 3 is 2.65 bits per heavy atom. The fourth-order valence-corrected chi connectivity index (χ4v) is 3.26. The first-order valence-electron chi connectivity index (χ1n) is 8.51. The third-order valence-electron chi connectivity index (χ3n) is 4.35. The van der Waals surface area contributed by atoms with Crippen LogP contribution in [0.15, 0.2) is 36.4 Å². The number of hydrogen-bond acceptors (Lipinski definition) is 5. The lowest BCUT2D eigenvalue weighted by Crippen LogP contribution is -2.35. The fraction of sp³-hybridized carbons (Fsp3) is 0.278. The van der Waals surface area contributed by atoms with E-state index in [0.717, 1.165) is 43.0 Å². The Labute approximate surface area is 161 Å². The second-order valence-corrected chi connectivity index (χ2v) is 7.03. The molecule has 8 heteroatoms. The number of rotatable bonds is 4. The van der Waals surface area contributed by atoms with Gasteiger partial charge in [0.2, 0.25) is 0 Å². The molecular weight excluding hydrogens is 371 g/mol. The van der Waals surface area contributed by atoms with Gasteiger partial charge in [0.15, 0.2) is 11.6 Å². The van der Waals surface area contributed by atoms with Crippen molar-refractivity contribution in [1.29, 1.82) is 0 Å². The maximum atomic E-state index is 6.08. The summed E-state index contributed by atoms with van der Waals surface area (Å²) >= 11 is 12.0. The zero-order valence-corrected chi connectivity index (χ0v) is 15.5. The maximum Gasteiger partial charge on any atom is 0.181 e. The third kappa shape index (κ3) is 3.82. The first-order valence-corrected chi connectivity index (χ1v) is 9.27. The highest BCUT2D eigenvalue weighted by Crippen LogP contribution is 2.27. The average Bonchev–Trinajstić information content (AvgIpc) is 3.15. The summed E-state index contributed by atoms with van der Waals surface area (Å²) in [5.74, 6) is 2.01. The van der Waals surface area contributed by atoms with Crippen molar-refractivity contribution in [2.24, 2.45) is 0 Å². The van der Waals surface area contributed by atoms with Crippen molar-refractivity contribution in [3.05, 3.63) is 46.4 Å². The number of aromatic amines is 1. The van der Waals surface area contributed by atoms with Crippen LogP contribution in [0.3, 0.4) is 0 Å². The summed E-state index contributed by atoms with van der Waals surface area (Å²) in [5, 5.41) is 15.1. The topological polar surface area (TPSA) is 78.5 Å². The maximum absolute atomic E-state index is 6.08. The molecule has 4 rings (SSSR count). The van der Waals surface area contributed by atoms with E-state index in [0.29, 0.717) is 27.7 Å². The van der Waals surface area contributed by atoms with E-state index in [4.69, 9.17) is 23.2 Å². The van der Waals surface area contributed by atoms with Crippen LogP contribution in [-0.2, 0) is 0 Å². The van der Waals surface area contributed by atoms with Crippen molar-refractivity contribution in [2.75, 3.05) is 18.4 Å². The van der Waals surface area contributed by atoms with Crippen LogP contribution in [0.5, 0.6) is 0 Å². The molecule has 3 aromatic rings. The summed E-state index contributed by atoms with van der Waals surface area (Å²) in [6, 6.07) is 11.6. The molecule has 3 heterocycles. The minimum atomic E-state index is 0.445. The van der Waals surface area contributed by atoms with E-state index in [1.807, 2.05) is 24.3 Å². The SMILES string of the molecule is Clc1ccc(-c2n[nH]c(-c3cccc(NC4CCNCC4)n3)n2)cc1Cl. The molecule has 134 valence electrons. The molecule has 6 nitrogen and oxygen atoms in total. The summed E-state index contributed by atoms with van der Waals surface area (Å²) in [4.78, 5) is 9.20. The zero-order valence-electron chi connectivity index (χ0n) is 14.0. The molecule has 0 amide bonds. The van der Waals surface area contributed by atoms with Crippen LogP contribution >= 0.6 is 23.2 Å². The molecule has 1 saturated heterocycles. The largest absolute Gasteiger partial charge is 0.367 e. The highest BCUT2D eigenvalue weighted by Gasteiger charge is 2.14. The first-order chi connectivity index (χ1) is 12.7. The highest BCUT2D eigenvalue weighted by molar-refractivity contribution is 6.42. The molecule has 3 N–H and O–H groups in total. The zero-order chi connectivity index (χ0) is 17.9. The average molecular weight is 389 g/mol. The van der Waals surface area contributed by atoms with Crippen LogP contribution in [0.25, 0.3) is 22.9 Å². The molecule has 0 bridgehead atoms. The molecular formula is C18H18Cl2N6. The number of H-pyrrole nitrogens is 1. The number of hydrogen-bond donors (Lipinski definition) is 3. The minimum Gasteiger partial charge on any atom is -0.367 e. The predicted octanol–water partition coefficient (Wildman–Crippen LogP) is 4.00. The van der Waals surface area contributed by atoms with Crippen molar-refractivity contribution >= 4 is 29.0 Å². The van der Waals surface area contributed by atoms with Crippen molar-refractivity contribution in [1.82, 2.24) is 25.5 Å². The van der Waals surface area contributed by atoms with Gasteiger partial charge >= 0.3 is 0 Å². The number of pyridine rings is 1. The van der Waals surface area contributed by atoms with Gasteiger partial charge in [-0.3, -0.25) is 5.10 Å². The molecule has 26 heavy (non-hydrogen) atoms. The molecule has 1 aromatic carbocycles. The van der Waals surface area contributed by atoms with Crippen molar-refractivity contribution in [3.8, 4) is 22.9 Å². The van der Waals surface area contributed by atoms with Crippen LogP contribution < -0.4 is 10.6 Å². The second kappa shape index (κ2) is 7.61. The molecule has 0 atom stereocenters. The normalized spacial score (nSPS) is 15.2. The minimum absolute atomic E-state index is 0.445. The van der Waals surface area contributed by atoms with Gasteiger partial charge in [-0.25, -0.2) is 9.97 Å². The van der Waals surface area contributed by atoms with Gasteiger partial charge in [-0.05, 0) is 56.3 Å². The standard InChI is InChI=1S/C18H18Cl2N6/c19-13-5-4-11(10-14(13)20)17-24-18(26-25-17)15-2-1-3-16(23-15)22-12-6-8-21-9-7-12/h1-5,10,12,21H,6-9H2,(H,22,23)(H,24,25,26). The van der Waals surface area contributed by atoms with E-state index >= 15 is 0 Å². The quantitative estimate of drug-likeness (QED) is 0.629. The monoisotopic (exact) mass is 388 g/mol. The van der Waals surface area contributed by atoms with Crippen LogP contribution in [0.1, 0.15) is 12.8 Å². The van der Waals surface area contributed by atoms with Crippen LogP contribution in [0, 0.1) is 0 Å². The summed E-state index contributed by atoms with van der Waals surface area (Å²) in [5.41, 5.74) is 1.54. The smallest absolute Gasteiger partial charge is 0.181 e. The fourth-order valence-electron chi connectivity index (χ4n) is 2.96. The molecule has 1 fully saturated rings. The van der Waals surface area contributed by atoms with Gasteiger partial charge in [-0.1, -0.05) is 29.3 Å². The summed E-state index contributed by atoms with van der Waals surface area (Å²) in [7, 11) is 0. The van der Waals surface area contributed by atoms with Gasteiger partial charge in [0.05, 0.1) is 10.0 Å². The van der Waals surface area contributed by atoms with Gasteiger partial charge in [0.25, 0.3) is 0 Å². The number of nitrogens with zero attached hydrogens (tertiary/aromatic N) is 3. The number of aromatic nitrogens is 4. The lowest BCUT2D eigenvalue weighted by Gasteiger charge is -2.24. The van der Waals surface area contributed by atoms with Crippen LogP contribution in [0.4, 0.5) is 5.82 Å². The molecule has 0 unspecified atom stereocenters. The Hall–Kier alpha value is -2.15. The molecule has 0 radical (unpaired) electrons. The number of piperidine rings is 1. The van der Waals surface area contributed by atoms with Gasteiger partial charge in [-0.2, -0.15) is 5.10 Å². The van der Waals surface area contributed by atoms with E-state index in [9.17, 15) is 0 Å². The predicted molar refractivity (Wildman–Crippen MR) is 105 cm³/mol. The number of benzene rings is 1. The molecule has 0 saturated carbocycles. The molecule has 1 aliphatic rings. The summed E-state index contributed by atoms with van der Waals surface area (Å²) in [6.45, 7) is 2.07. The molecule has 2 aromatic heterocycles. The lowest BCUT2D eigenvalue weighted by atomic mass is 10.1. The van der Waals surface area contributed by atoms with Gasteiger partial charge in [0, 0.05) is 11.6 Å².